The zero-order chi connectivity index (χ0) is 22.8. The predicted molar refractivity (Wildman–Crippen MR) is 127 cm³/mol. The number of rotatable bonds is 4. The van der Waals surface area contributed by atoms with Gasteiger partial charge < -0.3 is 19.1 Å². The van der Waals surface area contributed by atoms with Crippen LogP contribution in [0, 0.1) is 5.92 Å². The van der Waals surface area contributed by atoms with Crippen LogP contribution in [0.1, 0.15) is 39.2 Å². The highest BCUT2D eigenvalue weighted by Gasteiger charge is 2.49. The molecule has 32 heavy (non-hydrogen) atoms. The van der Waals surface area contributed by atoms with Gasteiger partial charge >= 0.3 is 6.09 Å². The number of ether oxygens (including phenoxy) is 3. The highest BCUT2D eigenvalue weighted by atomic mass is 32.2. The topological polar surface area (TPSA) is 48.0 Å². The first kappa shape index (κ1) is 22.6. The Hall–Kier alpha value is -2.60. The minimum Gasteiger partial charge on any atom is -0.452 e. The molecule has 2 aliphatic heterocycles. The molecule has 0 bridgehead atoms. The summed E-state index contributed by atoms with van der Waals surface area (Å²) < 4.78 is 18.0. The monoisotopic (exact) mass is 453 g/mol. The van der Waals surface area contributed by atoms with E-state index in [2.05, 4.69) is 42.7 Å². The average Bonchev–Trinajstić information content (AvgIpc) is 3.29. The van der Waals surface area contributed by atoms with E-state index in [4.69, 9.17) is 14.2 Å². The molecule has 170 valence electrons. The number of amides is 1. The Kier molecular flexibility index (Phi) is 6.42. The van der Waals surface area contributed by atoms with Crippen LogP contribution in [-0.4, -0.2) is 35.9 Å². The van der Waals surface area contributed by atoms with E-state index in [1.807, 2.05) is 32.9 Å². The largest absolute Gasteiger partial charge is 0.452 e. The summed E-state index contributed by atoms with van der Waals surface area (Å²) in [6.45, 7) is 6.89. The number of carbonyl (C=O) groups is 1. The first-order valence-corrected chi connectivity index (χ1v) is 12.3. The van der Waals surface area contributed by atoms with Crippen LogP contribution in [-0.2, 0) is 20.0 Å². The summed E-state index contributed by atoms with van der Waals surface area (Å²) in [7, 11) is 0. The van der Waals surface area contributed by atoms with E-state index in [1.54, 1.807) is 29.2 Å². The zero-order valence-corrected chi connectivity index (χ0v) is 20.0. The maximum atomic E-state index is 12.5. The van der Waals surface area contributed by atoms with Gasteiger partial charge in [0.25, 0.3) is 5.79 Å². The van der Waals surface area contributed by atoms with Crippen LogP contribution in [0.15, 0.2) is 66.0 Å². The molecular weight excluding hydrogens is 422 g/mol. The predicted octanol–water partition coefficient (Wildman–Crippen LogP) is 6.39. The molecule has 5 nitrogen and oxygen atoms in total. The summed E-state index contributed by atoms with van der Waals surface area (Å²) in [6, 6.07) is 16.8. The second-order valence-electron chi connectivity index (χ2n) is 9.19. The molecule has 0 N–H and O–H groups in total. The number of hydrogen-bond acceptors (Lipinski definition) is 5. The van der Waals surface area contributed by atoms with Crippen molar-refractivity contribution in [2.45, 2.75) is 49.9 Å². The van der Waals surface area contributed by atoms with Crippen LogP contribution >= 0.6 is 11.8 Å². The fourth-order valence-corrected chi connectivity index (χ4v) is 4.81. The van der Waals surface area contributed by atoms with Crippen molar-refractivity contribution in [2.75, 3.05) is 19.3 Å². The van der Waals surface area contributed by atoms with E-state index in [1.165, 1.54) is 4.90 Å². The van der Waals surface area contributed by atoms with Crippen molar-refractivity contribution in [3.05, 3.63) is 66.6 Å². The molecule has 0 saturated carbocycles. The first-order valence-electron chi connectivity index (χ1n) is 11.0. The van der Waals surface area contributed by atoms with Gasteiger partial charge in [0.1, 0.15) is 18.1 Å². The second-order valence-corrected chi connectivity index (χ2v) is 10.1. The van der Waals surface area contributed by atoms with E-state index in [0.717, 1.165) is 29.5 Å². The molecule has 2 aromatic rings. The highest BCUT2D eigenvalue weighted by molar-refractivity contribution is 7.98. The molecule has 0 atom stereocenters. The van der Waals surface area contributed by atoms with Gasteiger partial charge in [0, 0.05) is 29.5 Å². The van der Waals surface area contributed by atoms with Crippen LogP contribution in [0.3, 0.4) is 0 Å². The van der Waals surface area contributed by atoms with Crippen molar-refractivity contribution in [3.8, 4) is 11.1 Å². The summed E-state index contributed by atoms with van der Waals surface area (Å²) in [4.78, 5) is 15.5. The number of hydrogen-bond donors (Lipinski definition) is 0. The summed E-state index contributed by atoms with van der Waals surface area (Å²) in [6.07, 6.45) is 6.61. The van der Waals surface area contributed by atoms with E-state index >= 15 is 0 Å². The molecule has 1 fully saturated rings. The number of nitrogens with zero attached hydrogens (tertiary/aromatic N) is 1. The number of piperidine rings is 1. The molecule has 0 unspecified atom stereocenters. The lowest BCUT2D eigenvalue weighted by molar-refractivity contribution is -0.199. The molecule has 0 spiro atoms. The Labute approximate surface area is 194 Å². The lowest BCUT2D eigenvalue weighted by Gasteiger charge is -2.41. The van der Waals surface area contributed by atoms with Gasteiger partial charge in [-0.05, 0) is 63.1 Å². The molecule has 0 aromatic heterocycles. The van der Waals surface area contributed by atoms with E-state index < -0.39 is 11.4 Å². The van der Waals surface area contributed by atoms with Gasteiger partial charge in [0.05, 0.1) is 0 Å². The molecule has 2 aliphatic rings. The van der Waals surface area contributed by atoms with Crippen molar-refractivity contribution < 1.29 is 19.0 Å². The van der Waals surface area contributed by atoms with Gasteiger partial charge in [-0.3, -0.25) is 0 Å². The zero-order valence-electron chi connectivity index (χ0n) is 19.2. The van der Waals surface area contributed by atoms with Gasteiger partial charge in [0.15, 0.2) is 0 Å². The minimum atomic E-state index is -0.894. The van der Waals surface area contributed by atoms with E-state index in [0.29, 0.717) is 13.1 Å². The van der Waals surface area contributed by atoms with Gasteiger partial charge in [-0.1, -0.05) is 36.4 Å². The lowest BCUT2D eigenvalue weighted by atomic mass is 9.81. The molecule has 4 rings (SSSR count). The Bertz CT molecular complexity index is 964. The van der Waals surface area contributed by atoms with Gasteiger partial charge in [-0.25, -0.2) is 4.79 Å². The maximum absolute atomic E-state index is 12.5. The van der Waals surface area contributed by atoms with E-state index in [9.17, 15) is 4.79 Å². The van der Waals surface area contributed by atoms with Gasteiger partial charge in [-0.2, -0.15) is 0 Å². The van der Waals surface area contributed by atoms with Gasteiger partial charge in [-0.15, -0.1) is 11.8 Å². The van der Waals surface area contributed by atoms with Crippen molar-refractivity contribution in [2.24, 2.45) is 5.92 Å². The summed E-state index contributed by atoms with van der Waals surface area (Å²) in [5.74, 6) is -0.794. The van der Waals surface area contributed by atoms with Crippen molar-refractivity contribution in [1.82, 2.24) is 4.90 Å². The third-order valence-corrected chi connectivity index (χ3v) is 6.67. The smallest absolute Gasteiger partial charge is 0.410 e. The molecule has 1 amide bonds. The van der Waals surface area contributed by atoms with Crippen LogP contribution in [0.25, 0.3) is 11.1 Å². The van der Waals surface area contributed by atoms with Crippen molar-refractivity contribution >= 4 is 17.9 Å². The summed E-state index contributed by atoms with van der Waals surface area (Å²) in [5.41, 5.74) is 2.74. The average molecular weight is 454 g/mol. The third kappa shape index (κ3) is 4.60. The minimum absolute atomic E-state index is 0.0998. The SMILES string of the molecule is CSc1ccc(-c2ccccc2C2(C3CCN(C(=O)OC(C)(C)C)CC3)OC=CO2)cc1. The normalized spacial score (nSPS) is 18.2. The third-order valence-electron chi connectivity index (χ3n) is 5.93. The second kappa shape index (κ2) is 9.10. The summed E-state index contributed by atoms with van der Waals surface area (Å²) in [5, 5.41) is 0. The molecule has 2 aromatic carbocycles. The van der Waals surface area contributed by atoms with Crippen molar-refractivity contribution in [3.63, 3.8) is 0 Å². The van der Waals surface area contributed by atoms with Crippen LogP contribution in [0.5, 0.6) is 0 Å². The van der Waals surface area contributed by atoms with Crippen LogP contribution in [0.4, 0.5) is 4.79 Å². The van der Waals surface area contributed by atoms with Crippen LogP contribution < -0.4 is 0 Å². The number of carbonyl (C=O) groups excluding carboxylic acids is 1. The first-order chi connectivity index (χ1) is 15.3. The van der Waals surface area contributed by atoms with Gasteiger partial charge in [0.2, 0.25) is 0 Å². The van der Waals surface area contributed by atoms with E-state index in [-0.39, 0.29) is 12.0 Å². The standard InChI is InChI=1S/C26H31NO4S/c1-25(2,3)31-24(28)27-15-13-20(14-16-27)26(29-17-18-30-26)23-8-6-5-7-22(23)19-9-11-21(32-4)12-10-19/h5-12,17-18,20H,13-16H2,1-4H3. The fraction of sp³-hybridized carbons (Fsp3) is 0.423. The molecule has 0 radical (unpaired) electrons. The molecule has 6 heteroatoms. The fourth-order valence-electron chi connectivity index (χ4n) is 4.40. The Morgan fingerprint density at radius 1 is 1.03 bits per heavy atom. The number of thioether (sulfide) groups is 1. The molecule has 0 aliphatic carbocycles. The Morgan fingerprint density at radius 3 is 2.25 bits per heavy atom. The number of likely N-dealkylation sites (tertiary alicyclic amines) is 1. The number of benzene rings is 2. The maximum Gasteiger partial charge on any atom is 0.410 e. The van der Waals surface area contributed by atoms with Crippen LogP contribution in [0.2, 0.25) is 0 Å². The molecule has 1 saturated heterocycles. The van der Waals surface area contributed by atoms with Crippen molar-refractivity contribution in [1.29, 1.82) is 0 Å². The highest BCUT2D eigenvalue weighted by Crippen LogP contribution is 2.47. The summed E-state index contributed by atoms with van der Waals surface area (Å²) >= 11 is 1.73. The lowest BCUT2D eigenvalue weighted by Crippen LogP contribution is -2.47. The quantitative estimate of drug-likeness (QED) is 0.502. The Morgan fingerprint density at radius 2 is 1.66 bits per heavy atom. The molecule has 2 heterocycles. The Balaban J connectivity index is 1.59. The molecular formula is C26H31NO4S.